The summed E-state index contributed by atoms with van der Waals surface area (Å²) in [6, 6.07) is 12.0. The van der Waals surface area contributed by atoms with E-state index in [0.717, 1.165) is 34.0 Å². The molecule has 128 valence electrons. The average molecular weight is 372 g/mol. The zero-order chi connectivity index (χ0) is 18.6. The zero-order valence-electron chi connectivity index (χ0n) is 14.0. The molecule has 0 atom stereocenters. The van der Waals surface area contributed by atoms with Gasteiger partial charge in [0, 0.05) is 4.90 Å². The Bertz CT molecular complexity index is 854. The molecule has 0 fully saturated rings. The van der Waals surface area contributed by atoms with Crippen molar-refractivity contribution in [3.05, 3.63) is 72.6 Å². The second-order valence-corrected chi connectivity index (χ2v) is 7.57. The van der Waals surface area contributed by atoms with Crippen molar-refractivity contribution in [3.8, 4) is 11.1 Å². The van der Waals surface area contributed by atoms with E-state index in [2.05, 4.69) is 13.2 Å². The Balaban J connectivity index is 2.18. The second-order valence-electron chi connectivity index (χ2n) is 5.51. The number of rotatable bonds is 5. The highest BCUT2D eigenvalue weighted by molar-refractivity contribution is 8.14. The highest BCUT2D eigenvalue weighted by atomic mass is 32.2. The molecule has 0 saturated carbocycles. The van der Waals surface area contributed by atoms with Gasteiger partial charge in [0.25, 0.3) is 0 Å². The first-order valence-electron chi connectivity index (χ1n) is 7.43. The first kappa shape index (κ1) is 19.2. The largest absolute Gasteiger partial charge is 0.282 e. The molecule has 2 nitrogen and oxygen atoms in total. The first-order valence-corrected chi connectivity index (χ1v) is 9.06. The predicted molar refractivity (Wildman–Crippen MR) is 103 cm³/mol. The lowest BCUT2D eigenvalue weighted by molar-refractivity contribution is -0.108. The van der Waals surface area contributed by atoms with Gasteiger partial charge in [0.2, 0.25) is 10.2 Å². The number of halogens is 1. The van der Waals surface area contributed by atoms with Crippen LogP contribution < -0.4 is 0 Å². The molecule has 0 unspecified atom stereocenters. The SMILES string of the molecule is C=C(C)C(=O)Sc1ccc(-c2ccc(SC(=O)C(=C)C)c(F)c2)cc1. The second kappa shape index (κ2) is 8.32. The molecule has 2 rings (SSSR count). The highest BCUT2D eigenvalue weighted by Crippen LogP contribution is 2.30. The summed E-state index contributed by atoms with van der Waals surface area (Å²) in [5, 5.41) is -0.336. The molecule has 0 heterocycles. The van der Waals surface area contributed by atoms with E-state index in [1.54, 1.807) is 26.0 Å². The van der Waals surface area contributed by atoms with Crippen molar-refractivity contribution >= 4 is 33.8 Å². The van der Waals surface area contributed by atoms with Crippen molar-refractivity contribution in [3.63, 3.8) is 0 Å². The van der Waals surface area contributed by atoms with Crippen molar-refractivity contribution in [2.75, 3.05) is 0 Å². The van der Waals surface area contributed by atoms with Gasteiger partial charge in [-0.1, -0.05) is 31.4 Å². The minimum atomic E-state index is -0.451. The van der Waals surface area contributed by atoms with Crippen molar-refractivity contribution in [1.29, 1.82) is 0 Å². The summed E-state index contributed by atoms with van der Waals surface area (Å²) in [4.78, 5) is 24.4. The van der Waals surface area contributed by atoms with Gasteiger partial charge in [-0.25, -0.2) is 4.39 Å². The van der Waals surface area contributed by atoms with Crippen molar-refractivity contribution in [2.45, 2.75) is 23.6 Å². The van der Waals surface area contributed by atoms with E-state index in [0.29, 0.717) is 16.7 Å². The van der Waals surface area contributed by atoms with E-state index >= 15 is 0 Å². The third-order valence-electron chi connectivity index (χ3n) is 3.23. The Hall–Kier alpha value is -2.11. The van der Waals surface area contributed by atoms with Crippen LogP contribution in [0.4, 0.5) is 4.39 Å². The third kappa shape index (κ3) is 5.18. The van der Waals surface area contributed by atoms with Crippen LogP contribution in [0.2, 0.25) is 0 Å². The Labute approximate surface area is 155 Å². The minimum Gasteiger partial charge on any atom is -0.282 e. The Morgan fingerprint density at radius 1 is 0.840 bits per heavy atom. The predicted octanol–water partition coefficient (Wildman–Crippen LogP) is 5.88. The Morgan fingerprint density at radius 3 is 1.88 bits per heavy atom. The van der Waals surface area contributed by atoms with Crippen LogP contribution in [-0.4, -0.2) is 10.2 Å². The number of thioether (sulfide) groups is 2. The molecule has 0 aliphatic rings. The standard InChI is InChI=1S/C20H17FO2S2/c1-12(2)19(22)24-16-8-5-14(6-9-16)15-7-10-18(17(21)11-15)25-20(23)13(3)4/h5-11H,1,3H2,2,4H3. The van der Waals surface area contributed by atoms with E-state index < -0.39 is 5.82 Å². The van der Waals surface area contributed by atoms with Gasteiger partial charge in [0.05, 0.1) is 4.90 Å². The quantitative estimate of drug-likeness (QED) is 0.485. The molecule has 0 spiro atoms. The molecule has 2 aromatic carbocycles. The Morgan fingerprint density at radius 2 is 1.36 bits per heavy atom. The maximum absolute atomic E-state index is 14.2. The summed E-state index contributed by atoms with van der Waals surface area (Å²) in [5.41, 5.74) is 2.40. The average Bonchev–Trinajstić information content (AvgIpc) is 2.57. The molecule has 0 saturated heterocycles. The summed E-state index contributed by atoms with van der Waals surface area (Å²) in [7, 11) is 0. The van der Waals surface area contributed by atoms with Crippen LogP contribution in [0, 0.1) is 5.82 Å². The molecule has 0 aliphatic heterocycles. The minimum absolute atomic E-state index is 0.0812. The molecule has 0 amide bonds. The topological polar surface area (TPSA) is 34.1 Å². The Kier molecular flexibility index (Phi) is 6.39. The van der Waals surface area contributed by atoms with E-state index in [-0.39, 0.29) is 15.1 Å². The normalized spacial score (nSPS) is 10.4. The van der Waals surface area contributed by atoms with E-state index in [9.17, 15) is 14.0 Å². The maximum atomic E-state index is 14.2. The van der Waals surface area contributed by atoms with Crippen LogP contribution in [-0.2, 0) is 9.59 Å². The summed E-state index contributed by atoms with van der Waals surface area (Å²) < 4.78 is 14.2. The molecule has 0 N–H and O–H groups in total. The van der Waals surface area contributed by atoms with Crippen LogP contribution in [0.15, 0.2) is 76.6 Å². The van der Waals surface area contributed by atoms with Crippen LogP contribution in [0.1, 0.15) is 13.8 Å². The lowest BCUT2D eigenvalue weighted by atomic mass is 10.1. The van der Waals surface area contributed by atoms with E-state index in [4.69, 9.17) is 0 Å². The van der Waals surface area contributed by atoms with Crippen LogP contribution >= 0.6 is 23.5 Å². The van der Waals surface area contributed by atoms with Gasteiger partial charge in [-0.05, 0) is 83.9 Å². The van der Waals surface area contributed by atoms with Crippen LogP contribution in [0.3, 0.4) is 0 Å². The molecule has 5 heteroatoms. The van der Waals surface area contributed by atoms with Gasteiger partial charge in [0.15, 0.2) is 0 Å². The van der Waals surface area contributed by atoms with Crippen molar-refractivity contribution in [2.24, 2.45) is 0 Å². The van der Waals surface area contributed by atoms with Crippen molar-refractivity contribution < 1.29 is 14.0 Å². The fraction of sp³-hybridized carbons (Fsp3) is 0.100. The first-order chi connectivity index (χ1) is 11.8. The van der Waals surface area contributed by atoms with Crippen LogP contribution in [0.5, 0.6) is 0 Å². The number of hydrogen-bond acceptors (Lipinski definition) is 4. The van der Waals surface area contributed by atoms with Gasteiger partial charge in [0.1, 0.15) is 5.82 Å². The third-order valence-corrected chi connectivity index (χ3v) is 5.36. The number of carbonyl (C=O) groups excluding carboxylic acids is 2. The zero-order valence-corrected chi connectivity index (χ0v) is 15.6. The molecule has 0 bridgehead atoms. The van der Waals surface area contributed by atoms with Gasteiger partial charge >= 0.3 is 0 Å². The fourth-order valence-corrected chi connectivity index (χ4v) is 3.19. The summed E-state index contributed by atoms with van der Waals surface area (Å²) >= 11 is 1.94. The van der Waals surface area contributed by atoms with Gasteiger partial charge < -0.3 is 0 Å². The number of carbonyl (C=O) groups is 2. The maximum Gasteiger partial charge on any atom is 0.219 e. The smallest absolute Gasteiger partial charge is 0.219 e. The van der Waals surface area contributed by atoms with Gasteiger partial charge in [-0.3, -0.25) is 9.59 Å². The molecule has 0 radical (unpaired) electrons. The van der Waals surface area contributed by atoms with Crippen LogP contribution in [0.25, 0.3) is 11.1 Å². The summed E-state index contributed by atoms with van der Waals surface area (Å²) in [6.45, 7) is 10.5. The molecular weight excluding hydrogens is 355 g/mol. The van der Waals surface area contributed by atoms with Gasteiger partial charge in [-0.15, -0.1) is 0 Å². The summed E-state index contributed by atoms with van der Waals surface area (Å²) in [5.74, 6) is -0.451. The summed E-state index contributed by atoms with van der Waals surface area (Å²) in [6.07, 6.45) is 0. The van der Waals surface area contributed by atoms with E-state index in [1.165, 1.54) is 6.07 Å². The number of hydrogen-bond donors (Lipinski definition) is 0. The molecule has 2 aromatic rings. The lowest BCUT2D eigenvalue weighted by Gasteiger charge is -2.07. The number of benzene rings is 2. The molecule has 25 heavy (non-hydrogen) atoms. The fourth-order valence-electron chi connectivity index (χ4n) is 1.86. The van der Waals surface area contributed by atoms with Crippen molar-refractivity contribution in [1.82, 2.24) is 0 Å². The highest BCUT2D eigenvalue weighted by Gasteiger charge is 2.11. The molecule has 0 aromatic heterocycles. The lowest BCUT2D eigenvalue weighted by Crippen LogP contribution is -1.93. The monoisotopic (exact) mass is 372 g/mol. The molecular formula is C20H17FO2S2. The van der Waals surface area contributed by atoms with Gasteiger partial charge in [-0.2, -0.15) is 0 Å². The molecule has 0 aliphatic carbocycles. The van der Waals surface area contributed by atoms with E-state index in [1.807, 2.05) is 24.3 Å².